The minimum Gasteiger partial charge on any atom is -0.495 e. The van der Waals surface area contributed by atoms with Crippen LogP contribution in [0.4, 0.5) is 10.5 Å². The van der Waals surface area contributed by atoms with Crippen LogP contribution in [0.5, 0.6) is 5.75 Å². The van der Waals surface area contributed by atoms with Crippen LogP contribution in [0.2, 0.25) is 0 Å². The maximum atomic E-state index is 12.4. The van der Waals surface area contributed by atoms with Crippen LogP contribution in [0.1, 0.15) is 19.3 Å². The highest BCUT2D eigenvalue weighted by Crippen LogP contribution is 2.32. The molecule has 2 heterocycles. The Labute approximate surface area is 113 Å². The summed E-state index contributed by atoms with van der Waals surface area (Å²) in [6, 6.07) is 8.07. The van der Waals surface area contributed by atoms with Crippen molar-refractivity contribution in [3.8, 4) is 5.75 Å². The molecule has 2 amide bonds. The molecule has 2 atom stereocenters. The zero-order valence-electron chi connectivity index (χ0n) is 11.0. The average Bonchev–Trinajstić information content (AvgIpc) is 2.69. The van der Waals surface area contributed by atoms with Crippen LogP contribution >= 0.6 is 0 Å². The van der Waals surface area contributed by atoms with E-state index in [1.165, 1.54) is 0 Å². The maximum Gasteiger partial charge on any atom is 0.322 e. The van der Waals surface area contributed by atoms with Crippen LogP contribution in [0.25, 0.3) is 0 Å². The fraction of sp³-hybridized carbons (Fsp3) is 0.400. The number of nitrogens with one attached hydrogen (secondary N) is 1. The number of amides is 2. The summed E-state index contributed by atoms with van der Waals surface area (Å²) in [7, 11) is 1.61. The first-order valence-corrected chi connectivity index (χ1v) is 6.68. The van der Waals surface area contributed by atoms with Gasteiger partial charge >= 0.3 is 6.03 Å². The Morgan fingerprint density at radius 3 is 3.00 bits per heavy atom. The van der Waals surface area contributed by atoms with Crippen molar-refractivity contribution in [3.63, 3.8) is 0 Å². The number of hydrogen-bond acceptors (Lipinski definition) is 2. The number of hydrogen-bond donors (Lipinski definition) is 1. The number of para-hydroxylation sites is 2. The standard InChI is InChI=1S/C15H18N2O2/c1-19-14-8-3-2-7-13(14)16-15(18)17-11-5-4-6-12(17)10-9-11/h2-5,7-8,11-12H,6,9-10H2,1H3,(H,16,18). The average molecular weight is 258 g/mol. The summed E-state index contributed by atoms with van der Waals surface area (Å²) in [6.07, 6.45) is 7.47. The highest BCUT2D eigenvalue weighted by molar-refractivity contribution is 5.91. The number of urea groups is 1. The second kappa shape index (κ2) is 4.96. The van der Waals surface area contributed by atoms with E-state index in [0.29, 0.717) is 11.8 Å². The number of benzene rings is 1. The highest BCUT2D eigenvalue weighted by atomic mass is 16.5. The third kappa shape index (κ3) is 2.18. The minimum atomic E-state index is -0.0265. The van der Waals surface area contributed by atoms with Gasteiger partial charge in [0.1, 0.15) is 5.75 Å². The van der Waals surface area contributed by atoms with Gasteiger partial charge in [0.25, 0.3) is 0 Å². The molecule has 0 aromatic heterocycles. The van der Waals surface area contributed by atoms with Gasteiger partial charge in [-0.1, -0.05) is 24.3 Å². The monoisotopic (exact) mass is 258 g/mol. The quantitative estimate of drug-likeness (QED) is 0.828. The van der Waals surface area contributed by atoms with E-state index >= 15 is 0 Å². The van der Waals surface area contributed by atoms with E-state index in [4.69, 9.17) is 4.74 Å². The van der Waals surface area contributed by atoms with E-state index in [1.807, 2.05) is 29.2 Å². The molecule has 2 aliphatic heterocycles. The van der Waals surface area contributed by atoms with Crippen molar-refractivity contribution in [3.05, 3.63) is 36.4 Å². The minimum absolute atomic E-state index is 0.0265. The van der Waals surface area contributed by atoms with E-state index in [9.17, 15) is 4.79 Å². The highest BCUT2D eigenvalue weighted by Gasteiger charge is 2.37. The molecule has 0 spiro atoms. The molecule has 1 aromatic carbocycles. The molecule has 1 N–H and O–H groups in total. The first-order valence-electron chi connectivity index (χ1n) is 6.68. The summed E-state index contributed by atoms with van der Waals surface area (Å²) >= 11 is 0. The number of carbonyl (C=O) groups is 1. The first-order chi connectivity index (χ1) is 9.29. The van der Waals surface area contributed by atoms with Crippen molar-refractivity contribution in [1.82, 2.24) is 4.90 Å². The predicted octanol–water partition coefficient (Wildman–Crippen LogP) is 3.02. The van der Waals surface area contributed by atoms with Gasteiger partial charge in [-0.05, 0) is 31.4 Å². The van der Waals surface area contributed by atoms with Gasteiger partial charge in [0, 0.05) is 6.04 Å². The van der Waals surface area contributed by atoms with E-state index in [1.54, 1.807) is 7.11 Å². The molecule has 0 saturated carbocycles. The lowest BCUT2D eigenvalue weighted by Gasteiger charge is -2.31. The number of rotatable bonds is 2. The number of nitrogens with zero attached hydrogens (tertiary/aromatic N) is 1. The predicted molar refractivity (Wildman–Crippen MR) is 74.4 cm³/mol. The molecule has 2 aliphatic rings. The Morgan fingerprint density at radius 1 is 1.37 bits per heavy atom. The van der Waals surface area contributed by atoms with Crippen molar-refractivity contribution in [2.24, 2.45) is 0 Å². The summed E-state index contributed by atoms with van der Waals surface area (Å²) in [5.41, 5.74) is 0.726. The van der Waals surface area contributed by atoms with Crippen LogP contribution in [0.15, 0.2) is 36.4 Å². The lowest BCUT2D eigenvalue weighted by Crippen LogP contribution is -2.44. The topological polar surface area (TPSA) is 41.6 Å². The summed E-state index contributed by atoms with van der Waals surface area (Å²) in [4.78, 5) is 14.4. The number of carbonyl (C=O) groups excluding carboxylic acids is 1. The third-order valence-corrected chi connectivity index (χ3v) is 3.90. The molecule has 4 heteroatoms. The molecule has 1 fully saturated rings. The largest absolute Gasteiger partial charge is 0.495 e. The molecule has 0 aliphatic carbocycles. The van der Waals surface area contributed by atoms with Crippen molar-refractivity contribution in [1.29, 1.82) is 0 Å². The second-order valence-corrected chi connectivity index (χ2v) is 5.00. The molecular formula is C15H18N2O2. The second-order valence-electron chi connectivity index (χ2n) is 5.00. The number of ether oxygens (including phenoxy) is 1. The van der Waals surface area contributed by atoms with Crippen molar-refractivity contribution in [2.75, 3.05) is 12.4 Å². The van der Waals surface area contributed by atoms with Gasteiger partial charge in [-0.15, -0.1) is 0 Å². The number of fused-ring (bicyclic) bond motifs is 2. The Kier molecular flexibility index (Phi) is 3.15. The van der Waals surface area contributed by atoms with Crippen molar-refractivity contribution in [2.45, 2.75) is 31.3 Å². The summed E-state index contributed by atoms with van der Waals surface area (Å²) in [5.74, 6) is 0.691. The molecule has 100 valence electrons. The van der Waals surface area contributed by atoms with Crippen LogP contribution in [-0.4, -0.2) is 30.1 Å². The van der Waals surface area contributed by atoms with E-state index in [0.717, 1.165) is 24.9 Å². The zero-order chi connectivity index (χ0) is 13.2. The van der Waals surface area contributed by atoms with E-state index in [-0.39, 0.29) is 12.1 Å². The summed E-state index contributed by atoms with van der Waals surface area (Å²) < 4.78 is 5.26. The van der Waals surface area contributed by atoms with E-state index in [2.05, 4.69) is 17.5 Å². The molecule has 3 rings (SSSR count). The lowest BCUT2D eigenvalue weighted by molar-refractivity contribution is 0.192. The smallest absolute Gasteiger partial charge is 0.322 e. The fourth-order valence-electron chi connectivity index (χ4n) is 2.97. The molecule has 2 bridgehead atoms. The van der Waals surface area contributed by atoms with Gasteiger partial charge in [0.15, 0.2) is 0 Å². The van der Waals surface area contributed by atoms with Crippen LogP contribution in [-0.2, 0) is 0 Å². The summed E-state index contributed by atoms with van der Waals surface area (Å²) in [6.45, 7) is 0. The molecule has 0 radical (unpaired) electrons. The molecule has 1 aromatic rings. The molecule has 2 unspecified atom stereocenters. The van der Waals surface area contributed by atoms with Gasteiger partial charge in [-0.25, -0.2) is 4.79 Å². The number of methoxy groups -OCH3 is 1. The van der Waals surface area contributed by atoms with Gasteiger partial charge in [0.2, 0.25) is 0 Å². The zero-order valence-corrected chi connectivity index (χ0v) is 11.0. The third-order valence-electron chi connectivity index (χ3n) is 3.90. The van der Waals surface area contributed by atoms with Crippen LogP contribution in [0, 0.1) is 0 Å². The Morgan fingerprint density at radius 2 is 2.21 bits per heavy atom. The molecular weight excluding hydrogens is 240 g/mol. The lowest BCUT2D eigenvalue weighted by atomic mass is 10.1. The summed E-state index contributed by atoms with van der Waals surface area (Å²) in [5, 5.41) is 2.96. The van der Waals surface area contributed by atoms with Crippen LogP contribution in [0.3, 0.4) is 0 Å². The molecule has 1 saturated heterocycles. The molecule has 19 heavy (non-hydrogen) atoms. The Hall–Kier alpha value is -1.97. The van der Waals surface area contributed by atoms with Gasteiger partial charge < -0.3 is 15.0 Å². The SMILES string of the molecule is COc1ccccc1NC(=O)N1C2C=CCC1CC2. The first kappa shape index (κ1) is 12.1. The van der Waals surface area contributed by atoms with Crippen LogP contribution < -0.4 is 10.1 Å². The van der Waals surface area contributed by atoms with Gasteiger partial charge in [0.05, 0.1) is 18.8 Å². The van der Waals surface area contributed by atoms with Crippen molar-refractivity contribution < 1.29 is 9.53 Å². The van der Waals surface area contributed by atoms with Crippen molar-refractivity contribution >= 4 is 11.7 Å². The van der Waals surface area contributed by atoms with Gasteiger partial charge in [-0.2, -0.15) is 0 Å². The Balaban J connectivity index is 1.77. The molecule has 4 nitrogen and oxygen atoms in total. The van der Waals surface area contributed by atoms with E-state index < -0.39 is 0 Å². The van der Waals surface area contributed by atoms with Gasteiger partial charge in [-0.3, -0.25) is 0 Å². The Bertz CT molecular complexity index is 513. The normalized spacial score (nSPS) is 24.4. The maximum absolute atomic E-state index is 12.4. The number of anilines is 1. The fourth-order valence-corrected chi connectivity index (χ4v) is 2.97.